The maximum atomic E-state index is 3.57. The summed E-state index contributed by atoms with van der Waals surface area (Å²) < 4.78 is 0. The van der Waals surface area contributed by atoms with Crippen LogP contribution in [0.15, 0.2) is 0 Å². The molecule has 0 aromatic heterocycles. The molecule has 0 bridgehead atoms. The molecule has 1 rings (SSSR count). The van der Waals surface area contributed by atoms with Gasteiger partial charge in [-0.25, -0.2) is 0 Å². The van der Waals surface area contributed by atoms with Gasteiger partial charge in [0, 0.05) is 38.8 Å². The summed E-state index contributed by atoms with van der Waals surface area (Å²) in [5, 5.41) is 3.57. The van der Waals surface area contributed by atoms with E-state index in [0.717, 1.165) is 13.1 Å². The molecule has 3 heteroatoms. The lowest BCUT2D eigenvalue weighted by Crippen LogP contribution is -2.52. The van der Waals surface area contributed by atoms with Gasteiger partial charge in [-0.1, -0.05) is 20.8 Å². The van der Waals surface area contributed by atoms with E-state index in [-0.39, 0.29) is 0 Å². The highest BCUT2D eigenvalue weighted by Gasteiger charge is 2.20. The quantitative estimate of drug-likeness (QED) is 0.738. The van der Waals surface area contributed by atoms with Gasteiger partial charge in [0.05, 0.1) is 0 Å². The first-order chi connectivity index (χ1) is 7.88. The third-order valence-electron chi connectivity index (χ3n) is 3.60. The fraction of sp³-hybridized carbons (Fsp3) is 1.00. The van der Waals surface area contributed by atoms with Gasteiger partial charge in [-0.2, -0.15) is 0 Å². The highest BCUT2D eigenvalue weighted by atomic mass is 15.3. The van der Waals surface area contributed by atoms with Crippen molar-refractivity contribution in [2.45, 2.75) is 40.2 Å². The predicted octanol–water partition coefficient (Wildman–Crippen LogP) is 1.65. The van der Waals surface area contributed by atoms with E-state index in [0.29, 0.717) is 11.5 Å². The molecule has 1 aliphatic rings. The van der Waals surface area contributed by atoms with Crippen molar-refractivity contribution in [1.29, 1.82) is 0 Å². The van der Waals surface area contributed by atoms with E-state index in [1.54, 1.807) is 0 Å². The summed E-state index contributed by atoms with van der Waals surface area (Å²) in [6.07, 6.45) is 1.26. The fourth-order valence-electron chi connectivity index (χ4n) is 2.32. The van der Waals surface area contributed by atoms with Crippen molar-refractivity contribution in [2.24, 2.45) is 5.41 Å². The van der Waals surface area contributed by atoms with Crippen LogP contribution >= 0.6 is 0 Å². The van der Waals surface area contributed by atoms with Gasteiger partial charge in [-0.05, 0) is 32.4 Å². The number of nitrogens with zero attached hydrogens (tertiary/aromatic N) is 2. The molecule has 0 saturated carbocycles. The van der Waals surface area contributed by atoms with Crippen molar-refractivity contribution in [1.82, 2.24) is 15.1 Å². The minimum Gasteiger partial charge on any atom is -0.315 e. The third kappa shape index (κ3) is 6.39. The second-order valence-electron chi connectivity index (χ2n) is 6.71. The van der Waals surface area contributed by atoms with E-state index in [2.05, 4.69) is 49.9 Å². The molecule has 1 heterocycles. The Kier molecular flexibility index (Phi) is 5.90. The van der Waals surface area contributed by atoms with Crippen LogP contribution < -0.4 is 5.32 Å². The van der Waals surface area contributed by atoms with Crippen LogP contribution in [0.2, 0.25) is 0 Å². The first-order valence-corrected chi connectivity index (χ1v) is 7.02. The van der Waals surface area contributed by atoms with E-state index in [9.17, 15) is 0 Å². The monoisotopic (exact) mass is 241 g/mol. The molecule has 1 aliphatic heterocycles. The molecule has 0 radical (unpaired) electrons. The van der Waals surface area contributed by atoms with E-state index >= 15 is 0 Å². The molecule has 0 aromatic rings. The Balaban J connectivity index is 2.06. The second kappa shape index (κ2) is 6.72. The molecule has 102 valence electrons. The summed E-state index contributed by atoms with van der Waals surface area (Å²) in [7, 11) is 2.22. The zero-order valence-electron chi connectivity index (χ0n) is 12.4. The Morgan fingerprint density at radius 2 is 1.88 bits per heavy atom. The molecule has 3 nitrogen and oxygen atoms in total. The molecule has 1 atom stereocenters. The minimum atomic E-state index is 0.453. The summed E-state index contributed by atoms with van der Waals surface area (Å²) in [6, 6.07) is 0.707. The lowest BCUT2D eigenvalue weighted by atomic mass is 9.92. The van der Waals surface area contributed by atoms with Gasteiger partial charge >= 0.3 is 0 Å². The van der Waals surface area contributed by atoms with Crippen LogP contribution in [0.5, 0.6) is 0 Å². The molecule has 0 amide bonds. The Labute approximate surface area is 108 Å². The maximum absolute atomic E-state index is 3.57. The predicted molar refractivity (Wildman–Crippen MR) is 75.5 cm³/mol. The molecule has 0 aromatic carbocycles. The van der Waals surface area contributed by atoms with Crippen LogP contribution in [-0.2, 0) is 0 Å². The summed E-state index contributed by atoms with van der Waals surface area (Å²) >= 11 is 0. The number of piperazine rings is 1. The van der Waals surface area contributed by atoms with Gasteiger partial charge in [0.15, 0.2) is 0 Å². The highest BCUT2D eigenvalue weighted by molar-refractivity contribution is 4.77. The molecule has 0 spiro atoms. The Bertz CT molecular complexity index is 210. The lowest BCUT2D eigenvalue weighted by Gasteiger charge is -2.38. The summed E-state index contributed by atoms with van der Waals surface area (Å²) in [6.45, 7) is 16.4. The van der Waals surface area contributed by atoms with E-state index in [4.69, 9.17) is 0 Å². The van der Waals surface area contributed by atoms with Crippen LogP contribution in [0.25, 0.3) is 0 Å². The first kappa shape index (κ1) is 14.9. The topological polar surface area (TPSA) is 18.5 Å². The lowest BCUT2D eigenvalue weighted by molar-refractivity contribution is 0.101. The zero-order chi connectivity index (χ0) is 12.9. The number of rotatable bonds is 5. The van der Waals surface area contributed by atoms with E-state index in [1.807, 2.05) is 0 Å². The normalized spacial score (nSPS) is 24.2. The SMILES string of the molecule is CC1CN(C)CCN1CCNCCC(C)(C)C. The van der Waals surface area contributed by atoms with Crippen LogP contribution in [0.1, 0.15) is 34.1 Å². The average molecular weight is 241 g/mol. The summed E-state index contributed by atoms with van der Waals surface area (Å²) in [5.74, 6) is 0. The number of likely N-dealkylation sites (N-methyl/N-ethyl adjacent to an activating group) is 1. The third-order valence-corrected chi connectivity index (χ3v) is 3.60. The van der Waals surface area contributed by atoms with Gasteiger partial charge < -0.3 is 10.2 Å². The summed E-state index contributed by atoms with van der Waals surface area (Å²) in [4.78, 5) is 5.03. The van der Waals surface area contributed by atoms with Crippen molar-refractivity contribution in [3.63, 3.8) is 0 Å². The van der Waals surface area contributed by atoms with Gasteiger partial charge in [-0.15, -0.1) is 0 Å². The van der Waals surface area contributed by atoms with Crippen molar-refractivity contribution in [3.05, 3.63) is 0 Å². The molecule has 17 heavy (non-hydrogen) atoms. The largest absolute Gasteiger partial charge is 0.315 e. The molecular weight excluding hydrogens is 210 g/mol. The molecule has 1 fully saturated rings. The smallest absolute Gasteiger partial charge is 0.0195 e. The van der Waals surface area contributed by atoms with Crippen LogP contribution in [0.4, 0.5) is 0 Å². The standard InChI is InChI=1S/C14H31N3/c1-13-12-16(5)10-11-17(13)9-8-15-7-6-14(2,3)4/h13,15H,6-12H2,1-5H3. The molecule has 0 aliphatic carbocycles. The van der Waals surface area contributed by atoms with Crippen molar-refractivity contribution < 1.29 is 0 Å². The maximum Gasteiger partial charge on any atom is 0.0195 e. The van der Waals surface area contributed by atoms with E-state index < -0.39 is 0 Å². The number of hydrogen-bond donors (Lipinski definition) is 1. The minimum absolute atomic E-state index is 0.453. The number of hydrogen-bond acceptors (Lipinski definition) is 3. The van der Waals surface area contributed by atoms with Gasteiger partial charge in [0.1, 0.15) is 0 Å². The van der Waals surface area contributed by atoms with Crippen LogP contribution in [0, 0.1) is 5.41 Å². The Hall–Kier alpha value is -0.120. The van der Waals surface area contributed by atoms with E-state index in [1.165, 1.54) is 32.6 Å². The first-order valence-electron chi connectivity index (χ1n) is 7.02. The average Bonchev–Trinajstić information content (AvgIpc) is 2.18. The molecule has 1 N–H and O–H groups in total. The number of nitrogens with one attached hydrogen (secondary N) is 1. The van der Waals surface area contributed by atoms with Crippen molar-refractivity contribution in [2.75, 3.05) is 46.3 Å². The van der Waals surface area contributed by atoms with Crippen LogP contribution in [0.3, 0.4) is 0 Å². The Morgan fingerprint density at radius 1 is 1.18 bits per heavy atom. The zero-order valence-corrected chi connectivity index (χ0v) is 12.4. The van der Waals surface area contributed by atoms with Gasteiger partial charge in [-0.3, -0.25) is 4.90 Å². The Morgan fingerprint density at radius 3 is 2.47 bits per heavy atom. The molecular formula is C14H31N3. The van der Waals surface area contributed by atoms with Crippen LogP contribution in [-0.4, -0.2) is 62.2 Å². The highest BCUT2D eigenvalue weighted by Crippen LogP contribution is 2.16. The molecule has 1 unspecified atom stereocenters. The van der Waals surface area contributed by atoms with Gasteiger partial charge in [0.25, 0.3) is 0 Å². The fourth-order valence-corrected chi connectivity index (χ4v) is 2.32. The second-order valence-corrected chi connectivity index (χ2v) is 6.71. The molecule has 1 saturated heterocycles. The van der Waals surface area contributed by atoms with Gasteiger partial charge in [0.2, 0.25) is 0 Å². The van der Waals surface area contributed by atoms with Crippen molar-refractivity contribution >= 4 is 0 Å². The summed E-state index contributed by atoms with van der Waals surface area (Å²) in [5.41, 5.74) is 0.453. The van der Waals surface area contributed by atoms with Crippen molar-refractivity contribution in [3.8, 4) is 0 Å².